The maximum absolute atomic E-state index is 12.9. The molecule has 2 aromatic rings. The molecule has 5 heteroatoms. The number of methoxy groups -OCH3 is 1. The molecule has 1 fully saturated rings. The molecule has 2 aliphatic rings. The first kappa shape index (κ1) is 16.1. The number of nitrogens with zero attached hydrogens (tertiary/aromatic N) is 2. The fourth-order valence-electron chi connectivity index (χ4n) is 3.92. The van der Waals surface area contributed by atoms with Crippen LogP contribution in [0.3, 0.4) is 0 Å². The molecule has 4 rings (SSSR count). The predicted molar refractivity (Wildman–Crippen MR) is 96.2 cm³/mol. The van der Waals surface area contributed by atoms with Crippen molar-refractivity contribution in [2.75, 3.05) is 33.3 Å². The number of hydrogen-bond donors (Lipinski definition) is 0. The van der Waals surface area contributed by atoms with Gasteiger partial charge in [-0.05, 0) is 44.1 Å². The smallest absolute Gasteiger partial charge is 0.261 e. The fraction of sp³-hybridized carbons (Fsp3) is 0.400. The topological polar surface area (TPSA) is 49.9 Å². The van der Waals surface area contributed by atoms with Gasteiger partial charge in [0.05, 0.1) is 7.11 Å². The Morgan fingerprint density at radius 3 is 2.36 bits per heavy atom. The molecule has 0 atom stereocenters. The summed E-state index contributed by atoms with van der Waals surface area (Å²) in [5.74, 6) is 0.282. The standard InChI is InChI=1S/C20H22N2O3/c1-25-17-9-8-16-18-14(17)6-5-7-15(18)19(23)22(20(16)24)13-12-21-10-3-2-4-11-21/h5-9H,2-4,10-13H2,1H3. The molecule has 0 N–H and O–H groups in total. The minimum absolute atomic E-state index is 0.201. The van der Waals surface area contributed by atoms with Crippen molar-refractivity contribution in [3.63, 3.8) is 0 Å². The zero-order valence-corrected chi connectivity index (χ0v) is 14.5. The molecule has 1 saturated heterocycles. The SMILES string of the molecule is COc1ccc2c3c(cccc13)C(=O)N(CCN1CCCCC1)C2=O. The number of carbonyl (C=O) groups excluding carboxylic acids is 2. The van der Waals surface area contributed by atoms with Crippen LogP contribution in [0.4, 0.5) is 0 Å². The number of piperidine rings is 1. The highest BCUT2D eigenvalue weighted by molar-refractivity contribution is 6.26. The van der Waals surface area contributed by atoms with Gasteiger partial charge in [-0.2, -0.15) is 0 Å². The average Bonchev–Trinajstić information content (AvgIpc) is 2.66. The van der Waals surface area contributed by atoms with Crippen LogP contribution in [-0.4, -0.2) is 54.9 Å². The van der Waals surface area contributed by atoms with E-state index in [0.717, 1.165) is 25.0 Å². The summed E-state index contributed by atoms with van der Waals surface area (Å²) in [4.78, 5) is 29.6. The Kier molecular flexibility index (Phi) is 4.17. The number of benzene rings is 2. The molecular formula is C20H22N2O3. The van der Waals surface area contributed by atoms with E-state index in [1.165, 1.54) is 24.2 Å². The lowest BCUT2D eigenvalue weighted by Gasteiger charge is -2.31. The summed E-state index contributed by atoms with van der Waals surface area (Å²) < 4.78 is 5.39. The molecule has 0 aromatic heterocycles. The highest BCUT2D eigenvalue weighted by atomic mass is 16.5. The molecule has 0 saturated carbocycles. The molecule has 0 aliphatic carbocycles. The van der Waals surface area contributed by atoms with Crippen LogP contribution in [0.1, 0.15) is 40.0 Å². The maximum atomic E-state index is 12.9. The zero-order valence-electron chi connectivity index (χ0n) is 14.5. The number of rotatable bonds is 4. The van der Waals surface area contributed by atoms with Gasteiger partial charge in [-0.15, -0.1) is 0 Å². The fourth-order valence-corrected chi connectivity index (χ4v) is 3.92. The van der Waals surface area contributed by atoms with Gasteiger partial charge in [-0.25, -0.2) is 0 Å². The summed E-state index contributed by atoms with van der Waals surface area (Å²) in [6.07, 6.45) is 3.67. The van der Waals surface area contributed by atoms with Crippen LogP contribution >= 0.6 is 0 Å². The van der Waals surface area contributed by atoms with Crippen molar-refractivity contribution in [2.45, 2.75) is 19.3 Å². The van der Waals surface area contributed by atoms with E-state index in [4.69, 9.17) is 4.74 Å². The lowest BCUT2D eigenvalue weighted by molar-refractivity contribution is 0.0588. The molecule has 0 radical (unpaired) electrons. The Morgan fingerprint density at radius 1 is 0.920 bits per heavy atom. The molecule has 0 bridgehead atoms. The minimum atomic E-state index is -0.201. The average molecular weight is 338 g/mol. The molecule has 2 aliphatic heterocycles. The number of carbonyl (C=O) groups is 2. The van der Waals surface area contributed by atoms with Crippen molar-refractivity contribution in [1.82, 2.24) is 9.80 Å². The molecule has 2 heterocycles. The van der Waals surface area contributed by atoms with Gasteiger partial charge in [-0.3, -0.25) is 14.5 Å². The Hall–Kier alpha value is -2.40. The third-order valence-corrected chi connectivity index (χ3v) is 5.26. The summed E-state index contributed by atoms with van der Waals surface area (Å²) in [5.41, 5.74) is 1.18. The molecule has 2 aromatic carbocycles. The molecule has 2 amide bonds. The number of imide groups is 1. The molecule has 130 valence electrons. The highest BCUT2D eigenvalue weighted by Crippen LogP contribution is 2.35. The Labute approximate surface area is 147 Å². The first-order chi connectivity index (χ1) is 12.2. The largest absolute Gasteiger partial charge is 0.496 e. The number of ether oxygens (including phenoxy) is 1. The predicted octanol–water partition coefficient (Wildman–Crippen LogP) is 2.93. The Morgan fingerprint density at radius 2 is 1.64 bits per heavy atom. The number of likely N-dealkylation sites (tertiary alicyclic amines) is 1. The first-order valence-corrected chi connectivity index (χ1v) is 8.89. The molecule has 0 spiro atoms. The van der Waals surface area contributed by atoms with Crippen LogP contribution in [0.25, 0.3) is 10.8 Å². The van der Waals surface area contributed by atoms with Crippen molar-refractivity contribution >= 4 is 22.6 Å². The van der Waals surface area contributed by atoms with E-state index in [2.05, 4.69) is 4.90 Å². The Bertz CT molecular complexity index is 818. The molecule has 0 unspecified atom stereocenters. The maximum Gasteiger partial charge on any atom is 0.261 e. The summed E-state index contributed by atoms with van der Waals surface area (Å²) in [6, 6.07) is 9.12. The molecular weight excluding hydrogens is 316 g/mol. The van der Waals surface area contributed by atoms with E-state index in [-0.39, 0.29) is 11.8 Å². The number of hydrogen-bond acceptors (Lipinski definition) is 4. The highest BCUT2D eigenvalue weighted by Gasteiger charge is 2.33. The van der Waals surface area contributed by atoms with E-state index in [9.17, 15) is 9.59 Å². The summed E-state index contributed by atoms with van der Waals surface area (Å²) in [7, 11) is 1.60. The second-order valence-electron chi connectivity index (χ2n) is 6.71. The summed E-state index contributed by atoms with van der Waals surface area (Å²) in [5, 5.41) is 1.53. The second-order valence-corrected chi connectivity index (χ2v) is 6.71. The van der Waals surface area contributed by atoms with Gasteiger partial charge in [0.25, 0.3) is 11.8 Å². The van der Waals surface area contributed by atoms with Crippen LogP contribution < -0.4 is 4.74 Å². The Balaban J connectivity index is 1.67. The van der Waals surface area contributed by atoms with Crippen molar-refractivity contribution < 1.29 is 14.3 Å². The second kappa shape index (κ2) is 6.48. The van der Waals surface area contributed by atoms with E-state index in [1.54, 1.807) is 25.3 Å². The van der Waals surface area contributed by atoms with Crippen LogP contribution in [0.15, 0.2) is 30.3 Å². The minimum Gasteiger partial charge on any atom is -0.496 e. The van der Waals surface area contributed by atoms with E-state index >= 15 is 0 Å². The van der Waals surface area contributed by atoms with Crippen molar-refractivity contribution in [1.29, 1.82) is 0 Å². The van der Waals surface area contributed by atoms with E-state index < -0.39 is 0 Å². The quantitative estimate of drug-likeness (QED) is 0.804. The van der Waals surface area contributed by atoms with Gasteiger partial charge in [-0.1, -0.05) is 18.6 Å². The molecule has 5 nitrogen and oxygen atoms in total. The van der Waals surface area contributed by atoms with Gasteiger partial charge in [0.15, 0.2) is 0 Å². The first-order valence-electron chi connectivity index (χ1n) is 8.89. The van der Waals surface area contributed by atoms with Gasteiger partial charge in [0, 0.05) is 35.0 Å². The van der Waals surface area contributed by atoms with E-state index in [0.29, 0.717) is 28.8 Å². The summed E-state index contributed by atoms with van der Waals surface area (Å²) >= 11 is 0. The zero-order chi connectivity index (χ0) is 17.4. The third kappa shape index (κ3) is 2.68. The third-order valence-electron chi connectivity index (χ3n) is 5.26. The summed E-state index contributed by atoms with van der Waals surface area (Å²) in [6.45, 7) is 3.30. The van der Waals surface area contributed by atoms with Gasteiger partial charge in [0.1, 0.15) is 5.75 Å². The van der Waals surface area contributed by atoms with Crippen molar-refractivity contribution in [3.8, 4) is 5.75 Å². The van der Waals surface area contributed by atoms with Crippen molar-refractivity contribution in [2.24, 2.45) is 0 Å². The van der Waals surface area contributed by atoms with Crippen molar-refractivity contribution in [3.05, 3.63) is 41.5 Å². The van der Waals surface area contributed by atoms with E-state index in [1.807, 2.05) is 12.1 Å². The van der Waals surface area contributed by atoms with Crippen LogP contribution in [0, 0.1) is 0 Å². The number of amides is 2. The van der Waals surface area contributed by atoms with Crippen LogP contribution in [0.2, 0.25) is 0 Å². The van der Waals surface area contributed by atoms with Gasteiger partial charge >= 0.3 is 0 Å². The molecule has 25 heavy (non-hydrogen) atoms. The lowest BCUT2D eigenvalue weighted by Crippen LogP contribution is -2.45. The lowest BCUT2D eigenvalue weighted by atomic mass is 9.93. The normalized spacial score (nSPS) is 18.0. The van der Waals surface area contributed by atoms with Crippen LogP contribution in [0.5, 0.6) is 5.75 Å². The van der Waals surface area contributed by atoms with Gasteiger partial charge in [0.2, 0.25) is 0 Å². The van der Waals surface area contributed by atoms with Crippen LogP contribution in [-0.2, 0) is 0 Å². The monoisotopic (exact) mass is 338 g/mol. The van der Waals surface area contributed by atoms with Gasteiger partial charge < -0.3 is 9.64 Å².